The van der Waals surface area contributed by atoms with Gasteiger partial charge in [-0.2, -0.15) is 0 Å². The maximum atomic E-state index is 11.7. The average Bonchev–Trinajstić information content (AvgIpc) is 2.45. The van der Waals surface area contributed by atoms with E-state index < -0.39 is 6.03 Å². The zero-order valence-corrected chi connectivity index (χ0v) is 13.2. The second-order valence-electron chi connectivity index (χ2n) is 5.28. The van der Waals surface area contributed by atoms with E-state index in [1.807, 2.05) is 14.0 Å². The lowest BCUT2D eigenvalue weighted by Crippen LogP contribution is -3.09. The Morgan fingerprint density at radius 3 is 2.29 bits per heavy atom. The van der Waals surface area contributed by atoms with Gasteiger partial charge in [0, 0.05) is 12.1 Å². The number of aryl methyl sites for hydroxylation is 1. The number of carbonyl (C=O) groups is 2. The zero-order valence-electron chi connectivity index (χ0n) is 13.2. The number of amides is 3. The monoisotopic (exact) mass is 292 g/mol. The van der Waals surface area contributed by atoms with E-state index in [0.29, 0.717) is 6.54 Å². The van der Waals surface area contributed by atoms with E-state index in [1.54, 1.807) is 0 Å². The number of rotatable bonds is 7. The Morgan fingerprint density at radius 2 is 1.71 bits per heavy atom. The van der Waals surface area contributed by atoms with Gasteiger partial charge in [0.05, 0.1) is 7.05 Å². The molecule has 0 aromatic heterocycles. The van der Waals surface area contributed by atoms with Gasteiger partial charge >= 0.3 is 6.03 Å². The van der Waals surface area contributed by atoms with Crippen molar-refractivity contribution in [3.63, 3.8) is 0 Å². The summed E-state index contributed by atoms with van der Waals surface area (Å²) >= 11 is 0. The lowest BCUT2D eigenvalue weighted by atomic mass is 10.1. The van der Waals surface area contributed by atoms with Gasteiger partial charge in [0.2, 0.25) is 0 Å². The second-order valence-corrected chi connectivity index (χ2v) is 5.28. The van der Waals surface area contributed by atoms with Crippen LogP contribution in [0.2, 0.25) is 0 Å². The average molecular weight is 292 g/mol. The third kappa shape index (κ3) is 6.90. The van der Waals surface area contributed by atoms with Gasteiger partial charge in [0.1, 0.15) is 6.54 Å². The molecule has 5 nitrogen and oxygen atoms in total. The predicted octanol–water partition coefficient (Wildman–Crippen LogP) is 0.500. The van der Waals surface area contributed by atoms with Crippen molar-refractivity contribution in [2.75, 3.05) is 20.1 Å². The van der Waals surface area contributed by atoms with E-state index >= 15 is 0 Å². The number of nitrogens with one attached hydrogen (secondary N) is 3. The number of benzene rings is 1. The molecule has 0 aliphatic rings. The molecule has 1 rings (SSSR count). The summed E-state index contributed by atoms with van der Waals surface area (Å²) in [5, 5.41) is 4.96. The highest BCUT2D eigenvalue weighted by atomic mass is 16.2. The van der Waals surface area contributed by atoms with Gasteiger partial charge in [-0.25, -0.2) is 4.79 Å². The molecule has 116 valence electrons. The van der Waals surface area contributed by atoms with Crippen LogP contribution in [0, 0.1) is 0 Å². The molecule has 0 spiro atoms. The molecular weight excluding hydrogens is 266 g/mol. The van der Waals surface area contributed by atoms with Gasteiger partial charge in [-0.3, -0.25) is 10.1 Å². The summed E-state index contributed by atoms with van der Waals surface area (Å²) in [6.45, 7) is 5.69. The van der Waals surface area contributed by atoms with E-state index in [-0.39, 0.29) is 12.5 Å². The molecule has 0 saturated heterocycles. The van der Waals surface area contributed by atoms with Gasteiger partial charge in [-0.15, -0.1) is 0 Å². The number of carbonyl (C=O) groups excluding carboxylic acids is 2. The summed E-state index contributed by atoms with van der Waals surface area (Å²) in [5.74, 6) is -0.258. The van der Waals surface area contributed by atoms with E-state index in [0.717, 1.165) is 24.3 Å². The first-order valence-electron chi connectivity index (χ1n) is 7.52. The molecule has 1 unspecified atom stereocenters. The highest BCUT2D eigenvalue weighted by Gasteiger charge is 2.13. The Bertz CT molecular complexity index is 457. The van der Waals surface area contributed by atoms with Gasteiger partial charge < -0.3 is 10.2 Å². The maximum absolute atomic E-state index is 11.7. The van der Waals surface area contributed by atoms with Crippen molar-refractivity contribution < 1.29 is 14.5 Å². The molecule has 1 aromatic rings. The Balaban J connectivity index is 2.36. The summed E-state index contributed by atoms with van der Waals surface area (Å²) in [4.78, 5) is 24.1. The van der Waals surface area contributed by atoms with Crippen LogP contribution in [0.1, 0.15) is 31.4 Å². The molecule has 0 fully saturated rings. The minimum Gasteiger partial charge on any atom is -0.338 e. The molecule has 3 amide bonds. The minimum atomic E-state index is -0.415. The Hall–Kier alpha value is -1.88. The van der Waals surface area contributed by atoms with Crippen LogP contribution in [0.15, 0.2) is 24.3 Å². The number of imide groups is 1. The number of quaternary nitrogens is 1. The van der Waals surface area contributed by atoms with Crippen molar-refractivity contribution in [1.82, 2.24) is 10.6 Å². The summed E-state index contributed by atoms with van der Waals surface area (Å²) in [5.41, 5.74) is 2.50. The van der Waals surface area contributed by atoms with Crippen LogP contribution in [0.4, 0.5) is 4.79 Å². The first kappa shape index (κ1) is 17.2. The van der Waals surface area contributed by atoms with Gasteiger partial charge in [-0.05, 0) is 18.4 Å². The van der Waals surface area contributed by atoms with Crippen LogP contribution in [-0.4, -0.2) is 32.1 Å². The molecule has 1 aromatic carbocycles. The van der Waals surface area contributed by atoms with E-state index in [4.69, 9.17) is 0 Å². The third-order valence-electron chi connectivity index (χ3n) is 3.19. The molecule has 0 radical (unpaired) electrons. The molecule has 0 aliphatic heterocycles. The van der Waals surface area contributed by atoms with Crippen molar-refractivity contribution >= 4 is 11.9 Å². The number of urea groups is 1. The normalized spacial score (nSPS) is 11.8. The maximum Gasteiger partial charge on any atom is 0.321 e. The van der Waals surface area contributed by atoms with Crippen molar-refractivity contribution in [2.45, 2.75) is 33.2 Å². The van der Waals surface area contributed by atoms with Gasteiger partial charge in [0.25, 0.3) is 5.91 Å². The quantitative estimate of drug-likeness (QED) is 0.685. The smallest absolute Gasteiger partial charge is 0.321 e. The molecule has 21 heavy (non-hydrogen) atoms. The van der Waals surface area contributed by atoms with Crippen molar-refractivity contribution in [3.8, 4) is 0 Å². The molecule has 0 aliphatic carbocycles. The molecule has 1 atom stereocenters. The van der Waals surface area contributed by atoms with Crippen LogP contribution in [-0.2, 0) is 17.8 Å². The summed E-state index contributed by atoms with van der Waals surface area (Å²) < 4.78 is 0. The lowest BCUT2D eigenvalue weighted by molar-refractivity contribution is -0.885. The fourth-order valence-electron chi connectivity index (χ4n) is 2.03. The zero-order chi connectivity index (χ0) is 15.7. The fraction of sp³-hybridized carbons (Fsp3) is 0.500. The first-order valence-corrected chi connectivity index (χ1v) is 7.52. The van der Waals surface area contributed by atoms with Crippen molar-refractivity contribution in [1.29, 1.82) is 0 Å². The minimum absolute atomic E-state index is 0.258. The second kappa shape index (κ2) is 9.13. The highest BCUT2D eigenvalue weighted by molar-refractivity contribution is 5.94. The number of hydrogen-bond donors (Lipinski definition) is 3. The van der Waals surface area contributed by atoms with Crippen LogP contribution in [0.25, 0.3) is 0 Å². The summed E-state index contributed by atoms with van der Waals surface area (Å²) in [7, 11) is 1.94. The van der Waals surface area contributed by atoms with Crippen molar-refractivity contribution in [2.24, 2.45) is 0 Å². The number of hydrogen-bond acceptors (Lipinski definition) is 2. The highest BCUT2D eigenvalue weighted by Crippen LogP contribution is 2.03. The molecule has 0 saturated carbocycles. The Morgan fingerprint density at radius 1 is 1.10 bits per heavy atom. The Labute approximate surface area is 126 Å². The SMILES string of the molecule is CCCNC(=O)NC(=O)C[NH+](C)Cc1ccc(CC)cc1. The van der Waals surface area contributed by atoms with E-state index in [2.05, 4.69) is 41.8 Å². The molecular formula is C16H26N3O2+. The molecule has 0 bridgehead atoms. The standard InChI is InChI=1S/C16H25N3O2/c1-4-10-17-16(21)18-15(20)12-19(3)11-14-8-6-13(5-2)7-9-14/h6-9H,4-5,10-12H2,1-3H3,(H2,17,18,20,21)/p+1. The molecule has 5 heteroatoms. The molecule has 0 heterocycles. The summed E-state index contributed by atoms with van der Waals surface area (Å²) in [6, 6.07) is 7.99. The van der Waals surface area contributed by atoms with Crippen LogP contribution < -0.4 is 15.5 Å². The van der Waals surface area contributed by atoms with E-state index in [9.17, 15) is 9.59 Å². The van der Waals surface area contributed by atoms with Gasteiger partial charge in [0.15, 0.2) is 6.54 Å². The largest absolute Gasteiger partial charge is 0.338 e. The van der Waals surface area contributed by atoms with E-state index in [1.165, 1.54) is 11.1 Å². The van der Waals surface area contributed by atoms with Crippen LogP contribution >= 0.6 is 0 Å². The first-order chi connectivity index (χ1) is 10.0. The fourth-order valence-corrected chi connectivity index (χ4v) is 2.03. The predicted molar refractivity (Wildman–Crippen MR) is 83.1 cm³/mol. The molecule has 3 N–H and O–H groups in total. The van der Waals surface area contributed by atoms with Crippen LogP contribution in [0.3, 0.4) is 0 Å². The summed E-state index contributed by atoms with van der Waals surface area (Å²) in [6.07, 6.45) is 1.87. The van der Waals surface area contributed by atoms with Crippen LogP contribution in [0.5, 0.6) is 0 Å². The van der Waals surface area contributed by atoms with Gasteiger partial charge in [-0.1, -0.05) is 38.1 Å². The topological polar surface area (TPSA) is 62.6 Å². The number of likely N-dealkylation sites (N-methyl/N-ethyl adjacent to an activating group) is 1. The third-order valence-corrected chi connectivity index (χ3v) is 3.19. The lowest BCUT2D eigenvalue weighted by Gasteiger charge is -2.14. The van der Waals surface area contributed by atoms with Crippen molar-refractivity contribution in [3.05, 3.63) is 35.4 Å². The Kier molecular flexibility index (Phi) is 7.46.